The second kappa shape index (κ2) is 10.9. The van der Waals surface area contributed by atoms with Crippen molar-refractivity contribution in [3.63, 3.8) is 0 Å². The zero-order chi connectivity index (χ0) is 23.0. The number of hydrogen-bond acceptors (Lipinski definition) is 5. The zero-order valence-corrected chi connectivity index (χ0v) is 19.2. The van der Waals surface area contributed by atoms with Crippen molar-refractivity contribution >= 4 is 29.4 Å². The molecule has 1 N–H and O–H groups in total. The van der Waals surface area contributed by atoms with Gasteiger partial charge in [0.1, 0.15) is 17.7 Å². The first-order valence-electron chi connectivity index (χ1n) is 10.9. The first-order valence-corrected chi connectivity index (χ1v) is 11.9. The van der Waals surface area contributed by atoms with Crippen LogP contribution >= 0.6 is 11.8 Å². The Morgan fingerprint density at radius 2 is 1.73 bits per heavy atom. The molecule has 170 valence electrons. The van der Waals surface area contributed by atoms with Gasteiger partial charge in [0.15, 0.2) is 0 Å². The van der Waals surface area contributed by atoms with Crippen LogP contribution in [-0.2, 0) is 11.3 Å². The molecule has 7 heteroatoms. The summed E-state index contributed by atoms with van der Waals surface area (Å²) in [6.45, 7) is 3.27. The van der Waals surface area contributed by atoms with Crippen molar-refractivity contribution in [1.82, 2.24) is 4.90 Å². The summed E-state index contributed by atoms with van der Waals surface area (Å²) >= 11 is 1.73. The third kappa shape index (κ3) is 5.87. The Balaban J connectivity index is 1.36. The van der Waals surface area contributed by atoms with Crippen molar-refractivity contribution in [2.45, 2.75) is 18.9 Å². The van der Waals surface area contributed by atoms with Crippen LogP contribution in [0.2, 0.25) is 0 Å². The molecular formula is C26H26N2O4S. The van der Waals surface area contributed by atoms with Crippen LogP contribution in [0, 0.1) is 0 Å². The number of amides is 2. The van der Waals surface area contributed by atoms with Crippen LogP contribution in [0.4, 0.5) is 10.5 Å². The highest BCUT2D eigenvalue weighted by atomic mass is 32.2. The van der Waals surface area contributed by atoms with Crippen LogP contribution in [0.3, 0.4) is 0 Å². The first kappa shape index (κ1) is 22.7. The van der Waals surface area contributed by atoms with E-state index in [0.717, 1.165) is 22.6 Å². The predicted octanol–water partition coefficient (Wildman–Crippen LogP) is 5.72. The molecule has 2 amide bonds. The van der Waals surface area contributed by atoms with Gasteiger partial charge in [0.25, 0.3) is 0 Å². The van der Waals surface area contributed by atoms with Gasteiger partial charge in [0, 0.05) is 18.0 Å². The average molecular weight is 463 g/mol. The predicted molar refractivity (Wildman–Crippen MR) is 131 cm³/mol. The monoisotopic (exact) mass is 462 g/mol. The van der Waals surface area contributed by atoms with Gasteiger partial charge in [0.2, 0.25) is 0 Å². The second-order valence-corrected chi connectivity index (χ2v) is 8.68. The molecule has 1 fully saturated rings. The first-order chi connectivity index (χ1) is 16.1. The van der Waals surface area contributed by atoms with Crippen molar-refractivity contribution in [1.29, 1.82) is 0 Å². The molecule has 0 saturated carbocycles. The summed E-state index contributed by atoms with van der Waals surface area (Å²) in [5, 5.41) is 2.87. The van der Waals surface area contributed by atoms with E-state index in [4.69, 9.17) is 9.47 Å². The van der Waals surface area contributed by atoms with Crippen molar-refractivity contribution in [2.24, 2.45) is 0 Å². The molecule has 0 radical (unpaired) electrons. The Labute approximate surface area is 197 Å². The molecule has 0 bridgehead atoms. The van der Waals surface area contributed by atoms with Gasteiger partial charge in [0.05, 0.1) is 12.2 Å². The number of carbonyl (C=O) groups is 2. The fourth-order valence-corrected chi connectivity index (χ4v) is 4.78. The van der Waals surface area contributed by atoms with Crippen molar-refractivity contribution < 1.29 is 19.1 Å². The van der Waals surface area contributed by atoms with Gasteiger partial charge in [-0.1, -0.05) is 42.5 Å². The molecule has 1 aliphatic rings. The Morgan fingerprint density at radius 3 is 2.42 bits per heavy atom. The summed E-state index contributed by atoms with van der Waals surface area (Å²) in [4.78, 5) is 26.5. The number of esters is 1. The lowest BCUT2D eigenvalue weighted by atomic mass is 10.2. The Morgan fingerprint density at radius 1 is 1.00 bits per heavy atom. The van der Waals surface area contributed by atoms with Crippen LogP contribution in [0.1, 0.15) is 33.8 Å². The number of rotatable bonds is 7. The van der Waals surface area contributed by atoms with Gasteiger partial charge in [-0.25, -0.2) is 9.59 Å². The van der Waals surface area contributed by atoms with Gasteiger partial charge in [-0.2, -0.15) is 0 Å². The van der Waals surface area contributed by atoms with Crippen LogP contribution in [-0.4, -0.2) is 35.8 Å². The number of nitrogens with one attached hydrogen (secondary N) is 1. The minimum Gasteiger partial charge on any atom is -0.489 e. The summed E-state index contributed by atoms with van der Waals surface area (Å²) in [5.41, 5.74) is 3.26. The van der Waals surface area contributed by atoms with E-state index in [1.54, 1.807) is 43.0 Å². The van der Waals surface area contributed by atoms with E-state index in [2.05, 4.69) is 5.32 Å². The maximum Gasteiger partial charge on any atom is 0.338 e. The Bertz CT molecular complexity index is 1070. The largest absolute Gasteiger partial charge is 0.489 e. The van der Waals surface area contributed by atoms with E-state index in [9.17, 15) is 9.59 Å². The van der Waals surface area contributed by atoms with E-state index < -0.39 is 0 Å². The van der Waals surface area contributed by atoms with Gasteiger partial charge in [-0.3, -0.25) is 0 Å². The number of urea groups is 1. The number of carbonyl (C=O) groups excluding carboxylic acids is 2. The molecule has 4 rings (SSSR count). The minimum atomic E-state index is -0.373. The number of hydrogen-bond donors (Lipinski definition) is 1. The molecule has 0 aliphatic carbocycles. The Kier molecular flexibility index (Phi) is 7.52. The molecule has 1 saturated heterocycles. The lowest BCUT2D eigenvalue weighted by molar-refractivity contribution is 0.0526. The summed E-state index contributed by atoms with van der Waals surface area (Å²) in [6.07, 6.45) is 0. The molecule has 6 nitrogen and oxygen atoms in total. The molecule has 1 aliphatic heterocycles. The number of thioether (sulfide) groups is 1. The molecule has 1 heterocycles. The molecule has 0 spiro atoms. The summed E-state index contributed by atoms with van der Waals surface area (Å²) < 4.78 is 10.9. The summed E-state index contributed by atoms with van der Waals surface area (Å²) in [5.74, 6) is 1.29. The van der Waals surface area contributed by atoms with Gasteiger partial charge < -0.3 is 19.7 Å². The zero-order valence-electron chi connectivity index (χ0n) is 18.4. The highest BCUT2D eigenvalue weighted by Gasteiger charge is 2.30. The van der Waals surface area contributed by atoms with Crippen LogP contribution in [0.25, 0.3) is 0 Å². The molecule has 1 atom stereocenters. The minimum absolute atomic E-state index is 0.0630. The number of nitrogens with zero attached hydrogens (tertiary/aromatic N) is 1. The number of benzene rings is 3. The maximum atomic E-state index is 12.9. The van der Waals surface area contributed by atoms with Crippen molar-refractivity contribution in [3.05, 3.63) is 95.6 Å². The van der Waals surface area contributed by atoms with Crippen molar-refractivity contribution in [3.8, 4) is 5.75 Å². The van der Waals surface area contributed by atoms with Crippen LogP contribution in [0.15, 0.2) is 78.9 Å². The van der Waals surface area contributed by atoms with Crippen molar-refractivity contribution in [2.75, 3.05) is 24.2 Å². The molecule has 33 heavy (non-hydrogen) atoms. The Hall–Kier alpha value is -3.45. The normalized spacial score (nSPS) is 15.2. The average Bonchev–Trinajstić information content (AvgIpc) is 3.35. The smallest absolute Gasteiger partial charge is 0.338 e. The topological polar surface area (TPSA) is 67.9 Å². The highest BCUT2D eigenvalue weighted by Crippen LogP contribution is 2.38. The quantitative estimate of drug-likeness (QED) is 0.455. The maximum absolute atomic E-state index is 12.9. The lowest BCUT2D eigenvalue weighted by Gasteiger charge is -2.24. The fourth-order valence-electron chi connectivity index (χ4n) is 3.52. The van der Waals surface area contributed by atoms with E-state index in [1.807, 2.05) is 59.5 Å². The lowest BCUT2D eigenvalue weighted by Crippen LogP contribution is -2.34. The standard InChI is InChI=1S/C26H26N2O4S/c1-2-31-25(29)21-8-12-22(13-9-21)27-26(30)28-16-17-33-24(28)20-10-14-23(15-11-20)32-18-19-6-4-3-5-7-19/h3-15,24H,2,16-18H2,1H3,(H,27,30). The van der Waals surface area contributed by atoms with Gasteiger partial charge >= 0.3 is 12.0 Å². The van der Waals surface area contributed by atoms with E-state index >= 15 is 0 Å². The highest BCUT2D eigenvalue weighted by molar-refractivity contribution is 7.99. The molecular weight excluding hydrogens is 436 g/mol. The van der Waals surface area contributed by atoms with Gasteiger partial charge in [-0.15, -0.1) is 11.8 Å². The van der Waals surface area contributed by atoms with Crippen LogP contribution in [0.5, 0.6) is 5.75 Å². The summed E-state index contributed by atoms with van der Waals surface area (Å²) in [7, 11) is 0. The third-order valence-electron chi connectivity index (χ3n) is 5.21. The SMILES string of the molecule is CCOC(=O)c1ccc(NC(=O)N2CCSC2c2ccc(OCc3ccccc3)cc2)cc1. The molecule has 3 aromatic rings. The molecule has 1 unspecified atom stereocenters. The number of anilines is 1. The van der Waals surface area contributed by atoms with Gasteiger partial charge in [-0.05, 0) is 54.4 Å². The van der Waals surface area contributed by atoms with Crippen LogP contribution < -0.4 is 10.1 Å². The number of ether oxygens (including phenoxy) is 2. The molecule has 0 aromatic heterocycles. The third-order valence-corrected chi connectivity index (χ3v) is 6.47. The molecule has 3 aromatic carbocycles. The second-order valence-electron chi connectivity index (χ2n) is 7.49. The van der Waals surface area contributed by atoms with E-state index in [1.165, 1.54) is 0 Å². The summed E-state index contributed by atoms with van der Waals surface area (Å²) in [6, 6.07) is 24.5. The fraction of sp³-hybridized carbons (Fsp3) is 0.231. The van der Waals surface area contributed by atoms with E-state index in [0.29, 0.717) is 31.0 Å². The van der Waals surface area contributed by atoms with E-state index in [-0.39, 0.29) is 17.4 Å².